The Morgan fingerprint density at radius 1 is 1.15 bits per heavy atom. The second-order valence-electron chi connectivity index (χ2n) is 6.15. The van der Waals surface area contributed by atoms with Crippen LogP contribution >= 0.6 is 0 Å². The summed E-state index contributed by atoms with van der Waals surface area (Å²) < 4.78 is 0. The third kappa shape index (κ3) is 4.77. The van der Waals surface area contributed by atoms with Gasteiger partial charge in [0.1, 0.15) is 0 Å². The zero-order valence-corrected chi connectivity index (χ0v) is 15.6. The molecule has 3 nitrogen and oxygen atoms in total. The molecule has 0 unspecified atom stereocenters. The first-order valence-electron chi connectivity index (χ1n) is 8.90. The average molecular weight is 344 g/mol. The lowest BCUT2D eigenvalue weighted by Gasteiger charge is -2.10. The number of carbonyl (C=O) groups excluding carboxylic acids is 1. The molecule has 132 valence electrons. The lowest BCUT2D eigenvalue weighted by Crippen LogP contribution is -2.05. The van der Waals surface area contributed by atoms with E-state index in [9.17, 15) is 10.1 Å². The van der Waals surface area contributed by atoms with Crippen molar-refractivity contribution in [2.45, 2.75) is 40.0 Å². The van der Waals surface area contributed by atoms with Crippen molar-refractivity contribution < 1.29 is 4.79 Å². The molecule has 0 bridgehead atoms. The van der Waals surface area contributed by atoms with Gasteiger partial charge in [-0.25, -0.2) is 0 Å². The standard InChI is InChI=1S/C23H24N2O/c1-4-8-23(25-5-2)22(17(3)26)15-18-11-13-19(14-12-18)21-10-7-6-9-20(21)16-24/h5-7,9-14H,4,8,15H2,1-3H3/b23-22-,25-5?. The molecule has 0 aromatic heterocycles. The lowest BCUT2D eigenvalue weighted by molar-refractivity contribution is -0.113. The molecule has 0 aliphatic heterocycles. The van der Waals surface area contributed by atoms with Crippen LogP contribution in [0.15, 0.2) is 64.8 Å². The number of rotatable bonds is 7. The van der Waals surface area contributed by atoms with Crippen LogP contribution in [0.2, 0.25) is 0 Å². The molecule has 0 aliphatic carbocycles. The van der Waals surface area contributed by atoms with Crippen molar-refractivity contribution >= 4 is 12.0 Å². The maximum Gasteiger partial charge on any atom is 0.157 e. The molecule has 3 heteroatoms. The first-order chi connectivity index (χ1) is 12.6. The van der Waals surface area contributed by atoms with Gasteiger partial charge in [0.05, 0.1) is 11.6 Å². The minimum absolute atomic E-state index is 0.0675. The van der Waals surface area contributed by atoms with E-state index in [1.54, 1.807) is 13.1 Å². The van der Waals surface area contributed by atoms with Gasteiger partial charge >= 0.3 is 0 Å². The van der Waals surface area contributed by atoms with Crippen LogP contribution in [0.3, 0.4) is 0 Å². The number of ketones is 1. The zero-order valence-electron chi connectivity index (χ0n) is 15.6. The Balaban J connectivity index is 2.34. The zero-order chi connectivity index (χ0) is 18.9. The molecule has 26 heavy (non-hydrogen) atoms. The molecule has 0 radical (unpaired) electrons. The fourth-order valence-electron chi connectivity index (χ4n) is 2.95. The number of hydrogen-bond acceptors (Lipinski definition) is 3. The van der Waals surface area contributed by atoms with Gasteiger partial charge in [0.25, 0.3) is 0 Å². The largest absolute Gasteiger partial charge is 0.295 e. The number of benzene rings is 2. The maximum absolute atomic E-state index is 12.1. The van der Waals surface area contributed by atoms with Crippen molar-refractivity contribution in [3.8, 4) is 17.2 Å². The van der Waals surface area contributed by atoms with Crippen molar-refractivity contribution in [3.05, 3.63) is 70.9 Å². The van der Waals surface area contributed by atoms with Crippen LogP contribution in [0.25, 0.3) is 11.1 Å². The summed E-state index contributed by atoms with van der Waals surface area (Å²) in [5.41, 5.74) is 5.29. The Labute approximate surface area is 155 Å². The van der Waals surface area contributed by atoms with Crippen LogP contribution in [-0.2, 0) is 11.2 Å². The number of Topliss-reactive ketones (excluding diaryl/α,β-unsaturated/α-hetero) is 1. The second-order valence-corrected chi connectivity index (χ2v) is 6.15. The van der Waals surface area contributed by atoms with Gasteiger partial charge in [-0.3, -0.25) is 9.79 Å². The van der Waals surface area contributed by atoms with Gasteiger partial charge in [-0.05, 0) is 43.0 Å². The van der Waals surface area contributed by atoms with Gasteiger partial charge in [0.2, 0.25) is 0 Å². The Morgan fingerprint density at radius 2 is 1.85 bits per heavy atom. The Morgan fingerprint density at radius 3 is 2.42 bits per heavy atom. The molecule has 0 N–H and O–H groups in total. The highest BCUT2D eigenvalue weighted by atomic mass is 16.1. The number of nitrogens with zero attached hydrogens (tertiary/aromatic N) is 2. The summed E-state index contributed by atoms with van der Waals surface area (Å²) in [5, 5.41) is 9.27. The summed E-state index contributed by atoms with van der Waals surface area (Å²) in [4.78, 5) is 16.6. The van der Waals surface area contributed by atoms with Gasteiger partial charge < -0.3 is 0 Å². The van der Waals surface area contributed by atoms with Gasteiger partial charge in [0.15, 0.2) is 5.78 Å². The van der Waals surface area contributed by atoms with Crippen molar-refractivity contribution in [2.75, 3.05) is 0 Å². The summed E-state index contributed by atoms with van der Waals surface area (Å²) in [6, 6.07) is 17.8. The minimum Gasteiger partial charge on any atom is -0.295 e. The summed E-state index contributed by atoms with van der Waals surface area (Å²) in [7, 11) is 0. The predicted molar refractivity (Wildman–Crippen MR) is 107 cm³/mol. The van der Waals surface area contributed by atoms with E-state index in [0.717, 1.165) is 40.8 Å². The van der Waals surface area contributed by atoms with E-state index < -0.39 is 0 Å². The molecule has 2 rings (SSSR count). The van der Waals surface area contributed by atoms with Crippen LogP contribution in [0.4, 0.5) is 0 Å². The number of hydrogen-bond donors (Lipinski definition) is 0. The summed E-state index contributed by atoms with van der Waals surface area (Å²) >= 11 is 0. The van der Waals surface area contributed by atoms with Crippen molar-refractivity contribution in [1.29, 1.82) is 5.26 Å². The second kappa shape index (κ2) is 9.48. The molecule has 0 aliphatic rings. The van der Waals surface area contributed by atoms with Crippen molar-refractivity contribution in [3.63, 3.8) is 0 Å². The summed E-state index contributed by atoms with van der Waals surface area (Å²) in [6.45, 7) is 5.56. The minimum atomic E-state index is 0.0675. The van der Waals surface area contributed by atoms with Gasteiger partial charge in [-0.2, -0.15) is 5.26 Å². The molecule has 0 saturated carbocycles. The molecule has 0 amide bonds. The molecule has 0 atom stereocenters. The van der Waals surface area contributed by atoms with E-state index in [4.69, 9.17) is 0 Å². The van der Waals surface area contributed by atoms with Crippen LogP contribution < -0.4 is 0 Å². The smallest absolute Gasteiger partial charge is 0.157 e. The van der Waals surface area contributed by atoms with E-state index in [-0.39, 0.29) is 5.78 Å². The first kappa shape index (κ1) is 19.3. The Bertz CT molecular complexity index is 868. The van der Waals surface area contributed by atoms with E-state index in [1.807, 2.05) is 55.5 Å². The van der Waals surface area contributed by atoms with Crippen LogP contribution in [0.1, 0.15) is 44.7 Å². The highest BCUT2D eigenvalue weighted by molar-refractivity contribution is 5.94. The highest BCUT2D eigenvalue weighted by Gasteiger charge is 2.12. The highest BCUT2D eigenvalue weighted by Crippen LogP contribution is 2.25. The molecule has 0 spiro atoms. The van der Waals surface area contributed by atoms with Crippen LogP contribution in [0, 0.1) is 11.3 Å². The van der Waals surface area contributed by atoms with Gasteiger partial charge in [0, 0.05) is 23.9 Å². The monoisotopic (exact) mass is 344 g/mol. The molecule has 2 aromatic carbocycles. The number of aliphatic imine (C=N–C) groups is 1. The van der Waals surface area contributed by atoms with Crippen molar-refractivity contribution in [1.82, 2.24) is 0 Å². The first-order valence-corrected chi connectivity index (χ1v) is 8.90. The predicted octanol–water partition coefficient (Wildman–Crippen LogP) is 5.50. The topological polar surface area (TPSA) is 53.2 Å². The fraction of sp³-hybridized carbons (Fsp3) is 0.261. The molecule has 0 heterocycles. The maximum atomic E-state index is 12.1. The summed E-state index contributed by atoms with van der Waals surface area (Å²) in [6.07, 6.45) is 4.07. The molecule has 0 saturated heterocycles. The van der Waals surface area contributed by atoms with E-state index in [2.05, 4.69) is 18.0 Å². The van der Waals surface area contributed by atoms with E-state index >= 15 is 0 Å². The van der Waals surface area contributed by atoms with E-state index in [1.165, 1.54) is 0 Å². The van der Waals surface area contributed by atoms with Gasteiger partial charge in [-0.15, -0.1) is 0 Å². The fourth-order valence-corrected chi connectivity index (χ4v) is 2.95. The number of carbonyl (C=O) groups is 1. The number of nitriles is 1. The lowest BCUT2D eigenvalue weighted by atomic mass is 9.95. The quantitative estimate of drug-likeness (QED) is 0.492. The Hall–Kier alpha value is -2.99. The molecule has 0 fully saturated rings. The van der Waals surface area contributed by atoms with Crippen molar-refractivity contribution in [2.24, 2.45) is 4.99 Å². The third-order valence-electron chi connectivity index (χ3n) is 4.24. The normalized spacial score (nSPS) is 11.9. The van der Waals surface area contributed by atoms with Crippen LogP contribution in [0.5, 0.6) is 0 Å². The Kier molecular flexibility index (Phi) is 7.05. The summed E-state index contributed by atoms with van der Waals surface area (Å²) in [5.74, 6) is 0.0675. The average Bonchev–Trinajstić information content (AvgIpc) is 2.66. The van der Waals surface area contributed by atoms with E-state index in [0.29, 0.717) is 12.0 Å². The van der Waals surface area contributed by atoms with Crippen LogP contribution in [-0.4, -0.2) is 12.0 Å². The molecule has 2 aromatic rings. The number of allylic oxidation sites excluding steroid dienone is 2. The molecular formula is C23H24N2O. The van der Waals surface area contributed by atoms with Gasteiger partial charge in [-0.1, -0.05) is 55.8 Å². The molecular weight excluding hydrogens is 320 g/mol. The SMILES string of the molecule is CC=N/C(CCC)=C(/Cc1ccc(-c2ccccc2C#N)cc1)C(C)=O. The third-order valence-corrected chi connectivity index (χ3v) is 4.24.